The van der Waals surface area contributed by atoms with Gasteiger partial charge in [0.1, 0.15) is 5.75 Å². The summed E-state index contributed by atoms with van der Waals surface area (Å²) in [6.07, 6.45) is 1.03. The topological polar surface area (TPSA) is 46.6 Å². The highest BCUT2D eigenvalue weighted by atomic mass is 35.5. The number of likely N-dealkylation sites (N-methyl/N-ethyl adjacent to an activating group) is 1. The van der Waals surface area contributed by atoms with Crippen molar-refractivity contribution >= 4 is 23.3 Å². The molecule has 0 saturated carbocycles. The zero-order valence-electron chi connectivity index (χ0n) is 14.5. The standard InChI is InChI=1S/C20H22ClNO3/c1-22(14-13-15-7-3-6-10-19(15)25-2)20(24)12-11-18(23)16-8-4-5-9-17(16)21/h3-10H,11-14H2,1-2H3. The number of ketones is 1. The Balaban J connectivity index is 1.84. The molecule has 0 aromatic heterocycles. The Hall–Kier alpha value is -2.33. The SMILES string of the molecule is COc1ccccc1CCN(C)C(=O)CCC(=O)c1ccccc1Cl. The number of para-hydroxylation sites is 1. The molecule has 0 bridgehead atoms. The van der Waals surface area contributed by atoms with Crippen molar-refractivity contribution in [3.63, 3.8) is 0 Å². The summed E-state index contributed by atoms with van der Waals surface area (Å²) in [7, 11) is 3.38. The van der Waals surface area contributed by atoms with Crippen molar-refractivity contribution in [2.45, 2.75) is 19.3 Å². The first-order valence-electron chi connectivity index (χ1n) is 8.16. The second-order valence-electron chi connectivity index (χ2n) is 5.78. The van der Waals surface area contributed by atoms with Crippen molar-refractivity contribution in [3.8, 4) is 5.75 Å². The van der Waals surface area contributed by atoms with Crippen LogP contribution in [0.15, 0.2) is 48.5 Å². The molecule has 0 atom stereocenters. The highest BCUT2D eigenvalue weighted by molar-refractivity contribution is 6.34. The van der Waals surface area contributed by atoms with Crippen molar-refractivity contribution in [3.05, 3.63) is 64.7 Å². The van der Waals surface area contributed by atoms with Gasteiger partial charge in [0, 0.05) is 32.0 Å². The van der Waals surface area contributed by atoms with Gasteiger partial charge < -0.3 is 9.64 Å². The Morgan fingerprint density at radius 3 is 2.44 bits per heavy atom. The van der Waals surface area contributed by atoms with Gasteiger partial charge in [-0.15, -0.1) is 0 Å². The molecule has 0 spiro atoms. The van der Waals surface area contributed by atoms with Crippen LogP contribution in [0.3, 0.4) is 0 Å². The Morgan fingerprint density at radius 2 is 1.72 bits per heavy atom. The maximum atomic E-state index is 12.2. The van der Waals surface area contributed by atoms with E-state index in [2.05, 4.69) is 0 Å². The minimum Gasteiger partial charge on any atom is -0.496 e. The summed E-state index contributed by atoms with van der Waals surface area (Å²) in [5.41, 5.74) is 1.52. The van der Waals surface area contributed by atoms with Crippen LogP contribution >= 0.6 is 11.6 Å². The number of benzene rings is 2. The monoisotopic (exact) mass is 359 g/mol. The summed E-state index contributed by atoms with van der Waals surface area (Å²) < 4.78 is 5.32. The molecule has 4 nitrogen and oxygen atoms in total. The zero-order valence-corrected chi connectivity index (χ0v) is 15.3. The molecule has 0 saturated heterocycles. The molecule has 25 heavy (non-hydrogen) atoms. The molecule has 1 amide bonds. The number of ether oxygens (including phenoxy) is 1. The van der Waals surface area contributed by atoms with Crippen molar-refractivity contribution in [1.82, 2.24) is 4.90 Å². The number of hydrogen-bond acceptors (Lipinski definition) is 3. The highest BCUT2D eigenvalue weighted by Crippen LogP contribution is 2.19. The number of carbonyl (C=O) groups is 2. The molecule has 0 unspecified atom stereocenters. The Labute approximate surface area is 153 Å². The summed E-state index contributed by atoms with van der Waals surface area (Å²) in [5, 5.41) is 0.421. The van der Waals surface area contributed by atoms with Gasteiger partial charge in [-0.1, -0.05) is 41.9 Å². The van der Waals surface area contributed by atoms with Gasteiger partial charge in [-0.3, -0.25) is 9.59 Å². The average molecular weight is 360 g/mol. The molecule has 0 aliphatic carbocycles. The van der Waals surface area contributed by atoms with Gasteiger partial charge >= 0.3 is 0 Å². The van der Waals surface area contributed by atoms with Crippen LogP contribution in [0, 0.1) is 0 Å². The van der Waals surface area contributed by atoms with E-state index in [9.17, 15) is 9.59 Å². The summed E-state index contributed by atoms with van der Waals surface area (Å²) in [6, 6.07) is 14.6. The van der Waals surface area contributed by atoms with Gasteiger partial charge in [0.2, 0.25) is 5.91 Å². The number of carbonyl (C=O) groups excluding carboxylic acids is 2. The molecule has 0 radical (unpaired) electrons. The summed E-state index contributed by atoms with van der Waals surface area (Å²) in [6.45, 7) is 0.569. The van der Waals surface area contributed by atoms with E-state index >= 15 is 0 Å². The predicted molar refractivity (Wildman–Crippen MR) is 99.4 cm³/mol. The number of nitrogens with zero attached hydrogens (tertiary/aromatic N) is 1. The fourth-order valence-electron chi connectivity index (χ4n) is 2.56. The molecule has 132 valence electrons. The largest absolute Gasteiger partial charge is 0.496 e. The van der Waals surface area contributed by atoms with E-state index in [0.29, 0.717) is 23.6 Å². The Bertz CT molecular complexity index is 745. The number of halogens is 1. The maximum Gasteiger partial charge on any atom is 0.222 e. The molecular formula is C20H22ClNO3. The van der Waals surface area contributed by atoms with E-state index in [4.69, 9.17) is 16.3 Å². The fraction of sp³-hybridized carbons (Fsp3) is 0.300. The number of Topliss-reactive ketones (excluding diaryl/α,β-unsaturated/α-hetero) is 1. The molecule has 2 rings (SSSR count). The third kappa shape index (κ3) is 5.33. The lowest BCUT2D eigenvalue weighted by atomic mass is 10.1. The highest BCUT2D eigenvalue weighted by Gasteiger charge is 2.15. The fourth-order valence-corrected chi connectivity index (χ4v) is 2.80. The lowest BCUT2D eigenvalue weighted by Gasteiger charge is -2.18. The normalized spacial score (nSPS) is 10.4. The van der Waals surface area contributed by atoms with Crippen molar-refractivity contribution < 1.29 is 14.3 Å². The van der Waals surface area contributed by atoms with Gasteiger partial charge in [0.25, 0.3) is 0 Å². The van der Waals surface area contributed by atoms with Crippen molar-refractivity contribution in [1.29, 1.82) is 0 Å². The predicted octanol–water partition coefficient (Wildman–Crippen LogP) is 4.01. The van der Waals surface area contributed by atoms with E-state index in [1.165, 1.54) is 0 Å². The molecule has 0 aliphatic rings. The van der Waals surface area contributed by atoms with Crippen LogP contribution in [0.25, 0.3) is 0 Å². The van der Waals surface area contributed by atoms with Gasteiger partial charge in [-0.2, -0.15) is 0 Å². The quantitative estimate of drug-likeness (QED) is 0.669. The van der Waals surface area contributed by atoms with Crippen molar-refractivity contribution in [2.24, 2.45) is 0 Å². The number of hydrogen-bond donors (Lipinski definition) is 0. The second-order valence-corrected chi connectivity index (χ2v) is 6.19. The lowest BCUT2D eigenvalue weighted by molar-refractivity contribution is -0.129. The van der Waals surface area contributed by atoms with Crippen molar-refractivity contribution in [2.75, 3.05) is 20.7 Å². The molecule has 5 heteroatoms. The van der Waals surface area contributed by atoms with E-state index < -0.39 is 0 Å². The molecule has 0 N–H and O–H groups in total. The van der Waals surface area contributed by atoms with Gasteiger partial charge in [0.05, 0.1) is 12.1 Å². The summed E-state index contributed by atoms with van der Waals surface area (Å²) in [5.74, 6) is 0.643. The van der Waals surface area contributed by atoms with E-state index in [0.717, 1.165) is 11.3 Å². The average Bonchev–Trinajstić information content (AvgIpc) is 2.64. The first-order chi connectivity index (χ1) is 12.0. The third-order valence-corrected chi connectivity index (χ3v) is 4.40. The van der Waals surface area contributed by atoms with E-state index in [-0.39, 0.29) is 24.5 Å². The van der Waals surface area contributed by atoms with E-state index in [1.54, 1.807) is 43.3 Å². The minimum absolute atomic E-state index is 0.0599. The first kappa shape index (κ1) is 19.0. The van der Waals surface area contributed by atoms with Crippen LogP contribution in [0.4, 0.5) is 0 Å². The van der Waals surface area contributed by atoms with E-state index in [1.807, 2.05) is 24.3 Å². The zero-order chi connectivity index (χ0) is 18.2. The molecule has 0 heterocycles. The van der Waals surface area contributed by atoms with Gasteiger partial charge in [-0.05, 0) is 30.2 Å². The molecule has 2 aromatic carbocycles. The Kier molecular flexibility index (Phi) is 7.02. The van der Waals surface area contributed by atoms with Crippen LogP contribution in [0.2, 0.25) is 5.02 Å². The molecule has 0 fully saturated rings. The minimum atomic E-state index is -0.114. The number of rotatable bonds is 8. The molecule has 2 aromatic rings. The summed E-state index contributed by atoms with van der Waals surface area (Å²) in [4.78, 5) is 26.1. The second kappa shape index (κ2) is 9.23. The van der Waals surface area contributed by atoms with Gasteiger partial charge in [-0.25, -0.2) is 0 Å². The van der Waals surface area contributed by atoms with Crippen LogP contribution in [0.5, 0.6) is 5.75 Å². The summed E-state index contributed by atoms with van der Waals surface area (Å²) >= 11 is 6.02. The third-order valence-electron chi connectivity index (χ3n) is 4.08. The maximum absolute atomic E-state index is 12.2. The lowest BCUT2D eigenvalue weighted by Crippen LogP contribution is -2.29. The van der Waals surface area contributed by atoms with Crippen LogP contribution in [-0.4, -0.2) is 37.3 Å². The first-order valence-corrected chi connectivity index (χ1v) is 8.54. The van der Waals surface area contributed by atoms with Crippen LogP contribution in [0.1, 0.15) is 28.8 Å². The molecular weight excluding hydrogens is 338 g/mol. The smallest absolute Gasteiger partial charge is 0.222 e. The van der Waals surface area contributed by atoms with Gasteiger partial charge in [0.15, 0.2) is 5.78 Å². The molecule has 0 aliphatic heterocycles. The number of amides is 1. The number of methoxy groups -OCH3 is 1. The Morgan fingerprint density at radius 1 is 1.04 bits per heavy atom. The van der Waals surface area contributed by atoms with Crippen LogP contribution in [-0.2, 0) is 11.2 Å². The van der Waals surface area contributed by atoms with Crippen LogP contribution < -0.4 is 4.74 Å².